The molecule has 0 spiro atoms. The van der Waals surface area contributed by atoms with Crippen LogP contribution in [0.3, 0.4) is 0 Å². The van der Waals surface area contributed by atoms with E-state index in [9.17, 15) is 9.90 Å². The van der Waals surface area contributed by atoms with Gasteiger partial charge in [-0.1, -0.05) is 60.7 Å². The summed E-state index contributed by atoms with van der Waals surface area (Å²) >= 11 is 1.49. The van der Waals surface area contributed by atoms with Crippen molar-refractivity contribution in [2.24, 2.45) is 5.73 Å². The summed E-state index contributed by atoms with van der Waals surface area (Å²) in [6.07, 6.45) is 0.691. The number of aryl methyl sites for hydroxylation is 1. The molecule has 0 aliphatic carbocycles. The van der Waals surface area contributed by atoms with Gasteiger partial charge >= 0.3 is 6.09 Å². The fourth-order valence-electron chi connectivity index (χ4n) is 3.53. The van der Waals surface area contributed by atoms with E-state index in [2.05, 4.69) is 10.3 Å². The standard InChI is InChI=1S/C24H29N3O3S/c1-16(25)22(28)13-21(27-24(29)30-15-20-14-26-17(2)31-20)23(18-9-5-3-6-10-18)19-11-7-4-8-12-19/h3-12,14,16,21-23,28H,13,15,25H2,1-2H3,(H,27,29)/t16-,21-,22-/m0/s1. The average Bonchev–Trinajstić information content (AvgIpc) is 3.19. The van der Waals surface area contributed by atoms with E-state index in [1.165, 1.54) is 11.3 Å². The molecular weight excluding hydrogens is 410 g/mol. The third kappa shape index (κ3) is 6.62. The third-order valence-electron chi connectivity index (χ3n) is 5.14. The monoisotopic (exact) mass is 439 g/mol. The van der Waals surface area contributed by atoms with E-state index in [0.29, 0.717) is 6.42 Å². The van der Waals surface area contributed by atoms with Crippen LogP contribution in [0.1, 0.15) is 40.3 Å². The highest BCUT2D eigenvalue weighted by Crippen LogP contribution is 2.30. The fourth-order valence-corrected chi connectivity index (χ4v) is 4.24. The quantitative estimate of drug-likeness (QED) is 0.469. The number of carbonyl (C=O) groups is 1. The molecule has 2 aromatic carbocycles. The SMILES string of the molecule is Cc1ncc(COC(=O)N[C@@H](C[C@H](O)[C@H](C)N)C(c2ccccc2)c2ccccc2)s1. The minimum Gasteiger partial charge on any atom is -0.444 e. The Kier molecular flexibility index (Phi) is 8.17. The van der Waals surface area contributed by atoms with Gasteiger partial charge in [0.05, 0.1) is 16.0 Å². The lowest BCUT2D eigenvalue weighted by Crippen LogP contribution is -2.45. The molecule has 4 N–H and O–H groups in total. The van der Waals surface area contributed by atoms with Gasteiger partial charge in [-0.25, -0.2) is 9.78 Å². The first-order valence-corrected chi connectivity index (χ1v) is 11.1. The number of hydrogen-bond acceptors (Lipinski definition) is 6. The van der Waals surface area contributed by atoms with Gasteiger partial charge < -0.3 is 20.9 Å². The van der Waals surface area contributed by atoms with Gasteiger partial charge in [0.25, 0.3) is 0 Å². The molecule has 6 nitrogen and oxygen atoms in total. The highest BCUT2D eigenvalue weighted by Gasteiger charge is 2.30. The van der Waals surface area contributed by atoms with Gasteiger partial charge in [0, 0.05) is 24.2 Å². The second kappa shape index (κ2) is 11.0. The van der Waals surface area contributed by atoms with E-state index in [0.717, 1.165) is 21.0 Å². The minimum absolute atomic E-state index is 0.154. The van der Waals surface area contributed by atoms with Crippen molar-refractivity contribution in [2.45, 2.75) is 51.0 Å². The maximum absolute atomic E-state index is 12.7. The summed E-state index contributed by atoms with van der Waals surface area (Å²) < 4.78 is 5.44. The molecule has 0 aliphatic heterocycles. The van der Waals surface area contributed by atoms with Crippen LogP contribution in [0.2, 0.25) is 0 Å². The predicted octanol–water partition coefficient (Wildman–Crippen LogP) is 3.98. The van der Waals surface area contributed by atoms with Crippen LogP contribution in [0.4, 0.5) is 4.79 Å². The zero-order chi connectivity index (χ0) is 22.2. The first-order chi connectivity index (χ1) is 14.9. The Bertz CT molecular complexity index is 907. The van der Waals surface area contributed by atoms with Gasteiger partial charge in [-0.3, -0.25) is 0 Å². The highest BCUT2D eigenvalue weighted by atomic mass is 32.1. The molecule has 0 aliphatic rings. The number of aromatic nitrogens is 1. The number of alkyl carbamates (subject to hydrolysis) is 1. The Morgan fingerprint density at radius 3 is 2.19 bits per heavy atom. The molecule has 31 heavy (non-hydrogen) atoms. The molecule has 0 fully saturated rings. The topological polar surface area (TPSA) is 97.5 Å². The van der Waals surface area contributed by atoms with Crippen LogP contribution in [0.25, 0.3) is 0 Å². The van der Waals surface area contributed by atoms with Crippen molar-refractivity contribution in [1.29, 1.82) is 0 Å². The predicted molar refractivity (Wildman–Crippen MR) is 123 cm³/mol. The molecule has 1 heterocycles. The van der Waals surface area contributed by atoms with Crippen LogP contribution in [-0.2, 0) is 11.3 Å². The van der Waals surface area contributed by atoms with Gasteiger partial charge in [0.15, 0.2) is 0 Å². The van der Waals surface area contributed by atoms with Crippen molar-refractivity contribution in [3.63, 3.8) is 0 Å². The van der Waals surface area contributed by atoms with E-state index < -0.39 is 24.3 Å². The van der Waals surface area contributed by atoms with Gasteiger partial charge in [-0.05, 0) is 31.4 Å². The molecule has 0 unspecified atom stereocenters. The first-order valence-electron chi connectivity index (χ1n) is 10.3. The largest absolute Gasteiger partial charge is 0.444 e. The van der Waals surface area contributed by atoms with E-state index >= 15 is 0 Å². The lowest BCUT2D eigenvalue weighted by atomic mass is 9.82. The molecule has 3 aromatic rings. The lowest BCUT2D eigenvalue weighted by molar-refractivity contribution is 0.111. The van der Waals surface area contributed by atoms with E-state index in [1.807, 2.05) is 67.6 Å². The molecule has 0 saturated heterocycles. The highest BCUT2D eigenvalue weighted by molar-refractivity contribution is 7.11. The van der Waals surface area contributed by atoms with Crippen molar-refractivity contribution < 1.29 is 14.6 Å². The Morgan fingerprint density at radius 1 is 1.13 bits per heavy atom. The number of nitrogens with two attached hydrogens (primary N) is 1. The van der Waals surface area contributed by atoms with Crippen molar-refractivity contribution in [2.75, 3.05) is 0 Å². The number of aliphatic hydroxyl groups is 1. The van der Waals surface area contributed by atoms with Gasteiger partial charge in [0.2, 0.25) is 0 Å². The summed E-state index contributed by atoms with van der Waals surface area (Å²) in [4.78, 5) is 17.7. The first kappa shape index (κ1) is 22.9. The number of thiazole rings is 1. The summed E-state index contributed by atoms with van der Waals surface area (Å²) in [6, 6.07) is 19.0. The molecule has 1 aromatic heterocycles. The van der Waals surface area contributed by atoms with E-state index in [-0.39, 0.29) is 12.5 Å². The molecule has 1 amide bonds. The van der Waals surface area contributed by atoms with Crippen molar-refractivity contribution in [3.05, 3.63) is 87.9 Å². The molecule has 0 radical (unpaired) electrons. The molecule has 164 valence electrons. The number of nitrogens with one attached hydrogen (secondary N) is 1. The minimum atomic E-state index is -0.774. The molecule has 0 bridgehead atoms. The molecular formula is C24H29N3O3S. The maximum Gasteiger partial charge on any atom is 0.407 e. The third-order valence-corrected chi connectivity index (χ3v) is 6.03. The van der Waals surface area contributed by atoms with Gasteiger partial charge in [-0.15, -0.1) is 11.3 Å². The number of nitrogens with zero attached hydrogens (tertiary/aromatic N) is 1. The molecule has 7 heteroatoms. The summed E-state index contributed by atoms with van der Waals surface area (Å²) in [5.41, 5.74) is 8.00. The summed E-state index contributed by atoms with van der Waals surface area (Å²) in [5, 5.41) is 14.4. The van der Waals surface area contributed by atoms with Crippen LogP contribution >= 0.6 is 11.3 Å². The van der Waals surface area contributed by atoms with Crippen LogP contribution in [-0.4, -0.2) is 34.4 Å². The van der Waals surface area contributed by atoms with Crippen LogP contribution in [0.15, 0.2) is 66.9 Å². The zero-order valence-electron chi connectivity index (χ0n) is 17.8. The second-order valence-corrected chi connectivity index (χ2v) is 8.95. The number of amides is 1. The lowest BCUT2D eigenvalue weighted by Gasteiger charge is -2.31. The molecule has 3 rings (SSSR count). The Balaban J connectivity index is 1.84. The number of rotatable bonds is 9. The maximum atomic E-state index is 12.7. The number of ether oxygens (including phenoxy) is 1. The van der Waals surface area contributed by atoms with Crippen LogP contribution in [0, 0.1) is 6.92 Å². The fraction of sp³-hybridized carbons (Fsp3) is 0.333. The van der Waals surface area contributed by atoms with Crippen molar-refractivity contribution in [1.82, 2.24) is 10.3 Å². The van der Waals surface area contributed by atoms with E-state index in [1.54, 1.807) is 13.1 Å². The van der Waals surface area contributed by atoms with Crippen molar-refractivity contribution in [3.8, 4) is 0 Å². The van der Waals surface area contributed by atoms with Crippen LogP contribution in [0.5, 0.6) is 0 Å². The number of carbonyl (C=O) groups excluding carboxylic acids is 1. The normalized spacial score (nSPS) is 14.1. The molecule has 0 saturated carbocycles. The number of benzene rings is 2. The van der Waals surface area contributed by atoms with Crippen LogP contribution < -0.4 is 11.1 Å². The summed E-state index contributed by atoms with van der Waals surface area (Å²) in [7, 11) is 0. The number of aliphatic hydroxyl groups excluding tert-OH is 1. The van der Waals surface area contributed by atoms with Gasteiger partial charge in [0.1, 0.15) is 6.61 Å². The van der Waals surface area contributed by atoms with E-state index in [4.69, 9.17) is 10.5 Å². The summed E-state index contributed by atoms with van der Waals surface area (Å²) in [5.74, 6) is -0.172. The Morgan fingerprint density at radius 2 is 1.71 bits per heavy atom. The van der Waals surface area contributed by atoms with Gasteiger partial charge in [-0.2, -0.15) is 0 Å². The second-order valence-electron chi connectivity index (χ2n) is 7.63. The average molecular weight is 440 g/mol. The molecule has 3 atom stereocenters. The summed E-state index contributed by atoms with van der Waals surface area (Å²) in [6.45, 7) is 3.82. The Labute approximate surface area is 187 Å². The smallest absolute Gasteiger partial charge is 0.407 e. The Hall–Kier alpha value is -2.74. The zero-order valence-corrected chi connectivity index (χ0v) is 18.6. The number of hydrogen-bond donors (Lipinski definition) is 3. The van der Waals surface area contributed by atoms with Crippen molar-refractivity contribution >= 4 is 17.4 Å².